The topological polar surface area (TPSA) is 95.6 Å². The first kappa shape index (κ1) is 23.0. The second kappa shape index (κ2) is 9.36. The highest BCUT2D eigenvalue weighted by Gasteiger charge is 2.24. The van der Waals surface area contributed by atoms with Crippen LogP contribution >= 0.6 is 11.3 Å². The van der Waals surface area contributed by atoms with Crippen LogP contribution in [0.1, 0.15) is 39.7 Å². The van der Waals surface area contributed by atoms with Gasteiger partial charge in [-0.05, 0) is 71.8 Å². The minimum Gasteiger partial charge on any atom is -0.333 e. The molecule has 2 N–H and O–H groups in total. The molecule has 0 aliphatic carbocycles. The molecule has 1 aliphatic heterocycles. The Bertz CT molecular complexity index is 1300. The molecule has 0 spiro atoms. The van der Waals surface area contributed by atoms with Crippen LogP contribution in [-0.2, 0) is 27.8 Å². The average Bonchev–Trinajstić information content (AvgIpc) is 3.32. The van der Waals surface area contributed by atoms with Crippen LogP contribution in [0.5, 0.6) is 0 Å². The number of hydrogen-bond acceptors (Lipinski definition) is 5. The highest BCUT2D eigenvalue weighted by atomic mass is 32.2. The third-order valence-corrected chi connectivity index (χ3v) is 7.96. The van der Waals surface area contributed by atoms with Gasteiger partial charge in [-0.25, -0.2) is 8.42 Å². The van der Waals surface area contributed by atoms with E-state index in [2.05, 4.69) is 10.0 Å². The maximum Gasteiger partial charge on any atom is 0.264 e. The summed E-state index contributed by atoms with van der Waals surface area (Å²) in [6.07, 6.45) is 1.07. The van der Waals surface area contributed by atoms with E-state index in [-0.39, 0.29) is 16.7 Å². The van der Waals surface area contributed by atoms with Crippen LogP contribution in [-0.4, -0.2) is 31.7 Å². The van der Waals surface area contributed by atoms with Gasteiger partial charge in [-0.15, -0.1) is 11.3 Å². The van der Waals surface area contributed by atoms with Crippen molar-refractivity contribution in [1.29, 1.82) is 0 Å². The standard InChI is InChI=1S/C24H25N3O4S2/c1-3-23(28)25-19-8-9-22(16(2)13-19)33(30,31)26-20-7-6-17-10-11-27(15-18(17)14-20)24(29)21-5-4-12-32-21/h4-9,12-14,26H,3,10-11,15H2,1-2H3,(H,25,28). The second-order valence-electron chi connectivity index (χ2n) is 7.93. The van der Waals surface area contributed by atoms with Crippen LogP contribution in [0.25, 0.3) is 0 Å². The zero-order chi connectivity index (χ0) is 23.6. The molecule has 0 unspecified atom stereocenters. The molecule has 0 saturated carbocycles. The van der Waals surface area contributed by atoms with E-state index in [1.54, 1.807) is 43.0 Å². The van der Waals surface area contributed by atoms with Crippen molar-refractivity contribution in [2.45, 2.75) is 38.1 Å². The fourth-order valence-corrected chi connectivity index (χ4v) is 5.81. The van der Waals surface area contributed by atoms with Crippen molar-refractivity contribution >= 4 is 44.5 Å². The van der Waals surface area contributed by atoms with Gasteiger partial charge in [0.25, 0.3) is 15.9 Å². The average molecular weight is 484 g/mol. The summed E-state index contributed by atoms with van der Waals surface area (Å²) in [5, 5.41) is 4.61. The number of carbonyl (C=O) groups is 2. The Morgan fingerprint density at radius 3 is 2.55 bits per heavy atom. The number of carbonyl (C=O) groups excluding carboxylic acids is 2. The number of sulfonamides is 1. The summed E-state index contributed by atoms with van der Waals surface area (Å²) in [4.78, 5) is 27.0. The summed E-state index contributed by atoms with van der Waals surface area (Å²) in [6, 6.07) is 13.8. The van der Waals surface area contributed by atoms with E-state index >= 15 is 0 Å². The summed E-state index contributed by atoms with van der Waals surface area (Å²) in [5.74, 6) is -0.142. The summed E-state index contributed by atoms with van der Waals surface area (Å²) in [7, 11) is -3.83. The van der Waals surface area contributed by atoms with Crippen LogP contribution < -0.4 is 10.0 Å². The molecule has 172 valence electrons. The molecule has 7 nitrogen and oxygen atoms in total. The predicted molar refractivity (Wildman–Crippen MR) is 130 cm³/mol. The van der Waals surface area contributed by atoms with Crippen LogP contribution in [0.3, 0.4) is 0 Å². The Kier molecular flexibility index (Phi) is 6.53. The van der Waals surface area contributed by atoms with Gasteiger partial charge in [0.15, 0.2) is 0 Å². The Labute approximate surface area is 197 Å². The van der Waals surface area contributed by atoms with Crippen molar-refractivity contribution in [3.05, 3.63) is 75.5 Å². The van der Waals surface area contributed by atoms with Crippen molar-refractivity contribution in [3.8, 4) is 0 Å². The molecule has 9 heteroatoms. The fraction of sp³-hybridized carbons (Fsp3) is 0.250. The Hall–Kier alpha value is -3.17. The highest BCUT2D eigenvalue weighted by Crippen LogP contribution is 2.27. The molecule has 2 heterocycles. The van der Waals surface area contributed by atoms with Gasteiger partial charge in [-0.2, -0.15) is 0 Å². The molecule has 33 heavy (non-hydrogen) atoms. The number of benzene rings is 2. The van der Waals surface area contributed by atoms with Gasteiger partial charge in [0.05, 0.1) is 9.77 Å². The predicted octanol–water partition coefficient (Wildman–Crippen LogP) is 4.40. The zero-order valence-electron chi connectivity index (χ0n) is 18.4. The zero-order valence-corrected chi connectivity index (χ0v) is 20.1. The largest absolute Gasteiger partial charge is 0.333 e. The first-order valence-electron chi connectivity index (χ1n) is 10.6. The van der Waals surface area contributed by atoms with Crippen LogP contribution in [0.2, 0.25) is 0 Å². The number of nitrogens with zero attached hydrogens (tertiary/aromatic N) is 1. The lowest BCUT2D eigenvalue weighted by molar-refractivity contribution is -0.115. The molecule has 0 radical (unpaired) electrons. The number of fused-ring (bicyclic) bond motifs is 1. The number of aryl methyl sites for hydroxylation is 1. The SMILES string of the molecule is CCC(=O)Nc1ccc(S(=O)(=O)Nc2ccc3c(c2)CN(C(=O)c2cccs2)CC3)c(C)c1. The minimum atomic E-state index is -3.83. The lowest BCUT2D eigenvalue weighted by atomic mass is 9.99. The number of hydrogen-bond donors (Lipinski definition) is 2. The smallest absolute Gasteiger partial charge is 0.264 e. The van der Waals surface area contributed by atoms with Gasteiger partial charge in [-0.3, -0.25) is 14.3 Å². The van der Waals surface area contributed by atoms with Gasteiger partial charge in [-0.1, -0.05) is 19.1 Å². The summed E-state index contributed by atoms with van der Waals surface area (Å²) < 4.78 is 28.7. The molecule has 2 amide bonds. The van der Waals surface area contributed by atoms with Gasteiger partial charge in [0.1, 0.15) is 0 Å². The van der Waals surface area contributed by atoms with E-state index in [9.17, 15) is 18.0 Å². The van der Waals surface area contributed by atoms with E-state index < -0.39 is 10.0 Å². The van der Waals surface area contributed by atoms with Crippen molar-refractivity contribution in [3.63, 3.8) is 0 Å². The third-order valence-electron chi connectivity index (χ3n) is 5.56. The number of amides is 2. The molecule has 0 saturated heterocycles. The van der Waals surface area contributed by atoms with Gasteiger partial charge >= 0.3 is 0 Å². The summed E-state index contributed by atoms with van der Waals surface area (Å²) >= 11 is 1.42. The Morgan fingerprint density at radius 1 is 1.06 bits per heavy atom. The van der Waals surface area contributed by atoms with E-state index in [1.807, 2.05) is 23.6 Å². The monoisotopic (exact) mass is 483 g/mol. The van der Waals surface area contributed by atoms with Crippen molar-refractivity contribution in [1.82, 2.24) is 4.90 Å². The van der Waals surface area contributed by atoms with E-state index in [0.29, 0.717) is 41.3 Å². The Balaban J connectivity index is 1.52. The number of rotatable bonds is 6. The molecule has 1 aliphatic rings. The molecule has 1 aromatic heterocycles. The van der Waals surface area contributed by atoms with Crippen LogP contribution in [0.15, 0.2) is 58.8 Å². The van der Waals surface area contributed by atoms with E-state index in [0.717, 1.165) is 17.5 Å². The van der Waals surface area contributed by atoms with Crippen molar-refractivity contribution in [2.24, 2.45) is 0 Å². The fourth-order valence-electron chi connectivity index (χ4n) is 3.84. The van der Waals surface area contributed by atoms with Crippen LogP contribution in [0.4, 0.5) is 11.4 Å². The third kappa shape index (κ3) is 5.09. The summed E-state index contributed by atoms with van der Waals surface area (Å²) in [5.41, 5.74) is 3.58. The normalized spacial score (nSPS) is 13.3. The molecule has 4 rings (SSSR count). The van der Waals surface area contributed by atoms with Crippen LogP contribution in [0, 0.1) is 6.92 Å². The first-order chi connectivity index (χ1) is 15.8. The number of thiophene rings is 1. The minimum absolute atomic E-state index is 0.00693. The van der Waals surface area contributed by atoms with E-state index in [1.165, 1.54) is 17.4 Å². The molecular formula is C24H25N3O4S2. The lowest BCUT2D eigenvalue weighted by Crippen LogP contribution is -2.35. The molecule has 0 atom stereocenters. The molecule has 0 fully saturated rings. The van der Waals surface area contributed by atoms with Crippen molar-refractivity contribution in [2.75, 3.05) is 16.6 Å². The second-order valence-corrected chi connectivity index (χ2v) is 10.5. The quantitative estimate of drug-likeness (QED) is 0.543. The lowest BCUT2D eigenvalue weighted by Gasteiger charge is -2.29. The number of nitrogens with one attached hydrogen (secondary N) is 2. The summed E-state index contributed by atoms with van der Waals surface area (Å²) in [6.45, 7) is 4.51. The van der Waals surface area contributed by atoms with Crippen molar-refractivity contribution < 1.29 is 18.0 Å². The molecule has 3 aromatic rings. The Morgan fingerprint density at radius 2 is 1.85 bits per heavy atom. The molecule has 0 bridgehead atoms. The number of anilines is 2. The van der Waals surface area contributed by atoms with Gasteiger partial charge < -0.3 is 10.2 Å². The highest BCUT2D eigenvalue weighted by molar-refractivity contribution is 7.92. The first-order valence-corrected chi connectivity index (χ1v) is 13.0. The maximum absolute atomic E-state index is 13.0. The maximum atomic E-state index is 13.0. The molecule has 2 aromatic carbocycles. The van der Waals surface area contributed by atoms with E-state index in [4.69, 9.17) is 0 Å². The van der Waals surface area contributed by atoms with Gasteiger partial charge in [0, 0.05) is 30.9 Å². The van der Waals surface area contributed by atoms with Gasteiger partial charge in [0.2, 0.25) is 5.91 Å². The molecular weight excluding hydrogens is 458 g/mol.